The molecule has 1 aliphatic rings. The summed E-state index contributed by atoms with van der Waals surface area (Å²) in [4.78, 5) is 7.11. The molecule has 2 aromatic rings. The van der Waals surface area contributed by atoms with Gasteiger partial charge in [0.15, 0.2) is 0 Å². The summed E-state index contributed by atoms with van der Waals surface area (Å²) >= 11 is 1.79. The zero-order valence-corrected chi connectivity index (χ0v) is 14.3. The molecule has 0 spiro atoms. The third-order valence-corrected chi connectivity index (χ3v) is 4.97. The van der Waals surface area contributed by atoms with Crippen molar-refractivity contribution in [3.05, 3.63) is 48.0 Å². The van der Waals surface area contributed by atoms with Crippen LogP contribution >= 0.6 is 11.8 Å². The van der Waals surface area contributed by atoms with E-state index >= 15 is 0 Å². The van der Waals surface area contributed by atoms with Gasteiger partial charge < -0.3 is 15.0 Å². The number of para-hydroxylation sites is 1. The normalized spacial score (nSPS) is 13.4. The third kappa shape index (κ3) is 3.51. The molecular formula is C18H21N3OS. The lowest BCUT2D eigenvalue weighted by Crippen LogP contribution is -2.25. The van der Waals surface area contributed by atoms with Crippen LogP contribution in [0.25, 0.3) is 0 Å². The lowest BCUT2D eigenvalue weighted by molar-refractivity contribution is 0.322. The largest absolute Gasteiger partial charge is 0.411 e. The predicted octanol–water partition coefficient (Wildman–Crippen LogP) is 4.05. The third-order valence-electron chi connectivity index (χ3n) is 3.84. The molecule has 1 N–H and O–H groups in total. The summed E-state index contributed by atoms with van der Waals surface area (Å²) < 4.78 is 0. The molecule has 0 radical (unpaired) electrons. The van der Waals surface area contributed by atoms with Gasteiger partial charge in [-0.05, 0) is 56.9 Å². The van der Waals surface area contributed by atoms with Gasteiger partial charge in [0.25, 0.3) is 0 Å². The molecule has 0 aliphatic carbocycles. The van der Waals surface area contributed by atoms with Crippen molar-refractivity contribution in [2.45, 2.75) is 16.2 Å². The average Bonchev–Trinajstić information content (AvgIpc) is 2.54. The van der Waals surface area contributed by atoms with E-state index in [-0.39, 0.29) is 0 Å². The predicted molar refractivity (Wildman–Crippen MR) is 96.6 cm³/mol. The van der Waals surface area contributed by atoms with E-state index in [2.05, 4.69) is 65.4 Å². The number of hydrogen-bond acceptors (Lipinski definition) is 5. The fourth-order valence-corrected chi connectivity index (χ4v) is 3.86. The van der Waals surface area contributed by atoms with Crippen LogP contribution < -0.4 is 4.90 Å². The molecule has 0 bridgehead atoms. The molecular weight excluding hydrogens is 306 g/mol. The minimum absolute atomic E-state index is 0.906. The van der Waals surface area contributed by atoms with E-state index in [1.54, 1.807) is 11.8 Å². The van der Waals surface area contributed by atoms with Gasteiger partial charge >= 0.3 is 0 Å². The summed E-state index contributed by atoms with van der Waals surface area (Å²) in [7, 11) is 4.20. The molecule has 0 fully saturated rings. The van der Waals surface area contributed by atoms with Crippen LogP contribution in [0.3, 0.4) is 0 Å². The molecule has 5 heteroatoms. The van der Waals surface area contributed by atoms with Crippen molar-refractivity contribution >= 4 is 29.4 Å². The zero-order chi connectivity index (χ0) is 16.2. The molecule has 0 saturated heterocycles. The van der Waals surface area contributed by atoms with Crippen LogP contribution in [0.4, 0.5) is 11.4 Å². The van der Waals surface area contributed by atoms with Gasteiger partial charge in [-0.25, -0.2) is 0 Å². The fraction of sp³-hybridized carbons (Fsp3) is 0.278. The van der Waals surface area contributed by atoms with E-state index in [0.717, 1.165) is 25.1 Å². The van der Waals surface area contributed by atoms with Crippen LogP contribution in [0, 0.1) is 0 Å². The molecule has 0 atom stereocenters. The van der Waals surface area contributed by atoms with Gasteiger partial charge in [0.2, 0.25) is 0 Å². The van der Waals surface area contributed by atoms with E-state index < -0.39 is 0 Å². The Bertz CT molecular complexity index is 715. The number of benzene rings is 2. The molecule has 0 aromatic heterocycles. The summed E-state index contributed by atoms with van der Waals surface area (Å²) in [6.07, 6.45) is 2.56. The van der Waals surface area contributed by atoms with Gasteiger partial charge in [0.05, 0.1) is 17.6 Å². The Morgan fingerprint density at radius 3 is 2.70 bits per heavy atom. The Kier molecular flexibility index (Phi) is 4.88. The second kappa shape index (κ2) is 7.06. The van der Waals surface area contributed by atoms with Crippen molar-refractivity contribution in [3.63, 3.8) is 0 Å². The fourth-order valence-electron chi connectivity index (χ4n) is 2.78. The molecule has 23 heavy (non-hydrogen) atoms. The minimum atomic E-state index is 0.906. The smallest absolute Gasteiger partial charge is 0.0734 e. The summed E-state index contributed by atoms with van der Waals surface area (Å²) in [5, 5.41) is 11.9. The first kappa shape index (κ1) is 15.9. The summed E-state index contributed by atoms with van der Waals surface area (Å²) in [6, 6.07) is 14.7. The van der Waals surface area contributed by atoms with Crippen molar-refractivity contribution < 1.29 is 5.21 Å². The number of hydrogen-bond donors (Lipinski definition) is 1. The molecule has 4 nitrogen and oxygen atoms in total. The van der Waals surface area contributed by atoms with E-state index in [1.165, 1.54) is 27.4 Å². The molecule has 3 rings (SSSR count). The summed E-state index contributed by atoms with van der Waals surface area (Å²) in [6.45, 7) is 2.02. The van der Waals surface area contributed by atoms with Crippen molar-refractivity contribution in [3.8, 4) is 0 Å². The highest BCUT2D eigenvalue weighted by Gasteiger charge is 2.23. The highest BCUT2D eigenvalue weighted by atomic mass is 32.2. The summed E-state index contributed by atoms with van der Waals surface area (Å²) in [5.74, 6) is 0. The van der Waals surface area contributed by atoms with Gasteiger partial charge in [0.1, 0.15) is 0 Å². The molecule has 1 heterocycles. The van der Waals surface area contributed by atoms with E-state index in [1.807, 2.05) is 6.07 Å². The first-order valence-electron chi connectivity index (χ1n) is 7.69. The summed E-state index contributed by atoms with van der Waals surface area (Å²) in [5.41, 5.74) is 3.34. The SMILES string of the molecule is CN(C)CCCN1c2ccccc2Sc2ccc(/C=N\O)cc21. The first-order valence-corrected chi connectivity index (χ1v) is 8.51. The Morgan fingerprint density at radius 1 is 1.13 bits per heavy atom. The number of rotatable bonds is 5. The van der Waals surface area contributed by atoms with Gasteiger partial charge in [-0.15, -0.1) is 0 Å². The van der Waals surface area contributed by atoms with E-state index in [4.69, 9.17) is 5.21 Å². The lowest BCUT2D eigenvalue weighted by atomic mass is 10.1. The van der Waals surface area contributed by atoms with Crippen LogP contribution in [-0.2, 0) is 0 Å². The number of fused-ring (bicyclic) bond motifs is 2. The van der Waals surface area contributed by atoms with Gasteiger partial charge in [-0.2, -0.15) is 0 Å². The number of nitrogens with zero attached hydrogens (tertiary/aromatic N) is 3. The zero-order valence-electron chi connectivity index (χ0n) is 13.4. The number of oxime groups is 1. The van der Waals surface area contributed by atoms with Crippen molar-refractivity contribution in [1.82, 2.24) is 4.90 Å². The van der Waals surface area contributed by atoms with Crippen molar-refractivity contribution in [2.24, 2.45) is 5.16 Å². The molecule has 2 aromatic carbocycles. The Morgan fingerprint density at radius 2 is 1.91 bits per heavy atom. The highest BCUT2D eigenvalue weighted by molar-refractivity contribution is 7.99. The standard InChI is InChI=1S/C18H21N3OS/c1-20(2)10-5-11-21-15-6-3-4-7-17(15)23-18-9-8-14(13-19-22)12-16(18)21/h3-4,6-9,12-13,22H,5,10-11H2,1-2H3/b19-13-. The molecule has 0 unspecified atom stereocenters. The maximum Gasteiger partial charge on any atom is 0.0734 e. The van der Waals surface area contributed by atoms with Crippen molar-refractivity contribution in [1.29, 1.82) is 0 Å². The van der Waals surface area contributed by atoms with Gasteiger partial charge in [0, 0.05) is 16.3 Å². The van der Waals surface area contributed by atoms with Gasteiger partial charge in [-0.1, -0.05) is 35.1 Å². The maximum absolute atomic E-state index is 8.80. The second-order valence-electron chi connectivity index (χ2n) is 5.85. The Hall–Kier alpha value is -1.98. The van der Waals surface area contributed by atoms with Crippen LogP contribution in [0.15, 0.2) is 57.4 Å². The van der Waals surface area contributed by atoms with Gasteiger partial charge in [-0.3, -0.25) is 0 Å². The molecule has 1 aliphatic heterocycles. The molecule has 120 valence electrons. The average molecular weight is 327 g/mol. The topological polar surface area (TPSA) is 39.1 Å². The monoisotopic (exact) mass is 327 g/mol. The minimum Gasteiger partial charge on any atom is -0.411 e. The van der Waals surface area contributed by atoms with E-state index in [0.29, 0.717) is 0 Å². The van der Waals surface area contributed by atoms with Crippen LogP contribution in [0.1, 0.15) is 12.0 Å². The number of anilines is 2. The quantitative estimate of drug-likeness (QED) is 0.511. The van der Waals surface area contributed by atoms with Crippen molar-refractivity contribution in [2.75, 3.05) is 32.1 Å². The molecule has 0 amide bonds. The van der Waals surface area contributed by atoms with Crippen LogP contribution in [-0.4, -0.2) is 43.5 Å². The lowest BCUT2D eigenvalue weighted by Gasteiger charge is -2.33. The second-order valence-corrected chi connectivity index (χ2v) is 6.93. The highest BCUT2D eigenvalue weighted by Crippen LogP contribution is 2.48. The Labute approximate surface area is 141 Å². The maximum atomic E-state index is 8.80. The van der Waals surface area contributed by atoms with Crippen LogP contribution in [0.2, 0.25) is 0 Å². The van der Waals surface area contributed by atoms with E-state index in [9.17, 15) is 0 Å². The van der Waals surface area contributed by atoms with Crippen LogP contribution in [0.5, 0.6) is 0 Å². The first-order chi connectivity index (χ1) is 11.2. The Balaban J connectivity index is 1.96. The molecule has 0 saturated carbocycles.